The van der Waals surface area contributed by atoms with Gasteiger partial charge in [-0.25, -0.2) is 0 Å². The SMILES string of the molecule is O=C(N1CCC(C2OCCO2)CC1)C1(c2ccc3c(c2)OCCO3)CCCC1. The number of nitrogens with zero attached hydrogens (tertiary/aromatic N) is 1. The van der Waals surface area contributed by atoms with Crippen LogP contribution in [0.4, 0.5) is 0 Å². The van der Waals surface area contributed by atoms with E-state index in [4.69, 9.17) is 18.9 Å². The smallest absolute Gasteiger partial charge is 0.233 e. The van der Waals surface area contributed by atoms with E-state index in [1.54, 1.807) is 0 Å². The van der Waals surface area contributed by atoms with E-state index in [1.807, 2.05) is 12.1 Å². The molecule has 152 valence electrons. The Labute approximate surface area is 166 Å². The van der Waals surface area contributed by atoms with Crippen LogP contribution in [0.25, 0.3) is 0 Å². The Balaban J connectivity index is 1.34. The Morgan fingerprint density at radius 1 is 0.929 bits per heavy atom. The summed E-state index contributed by atoms with van der Waals surface area (Å²) < 4.78 is 22.8. The molecule has 5 rings (SSSR count). The van der Waals surface area contributed by atoms with E-state index in [0.29, 0.717) is 32.3 Å². The average Bonchev–Trinajstić information content (AvgIpc) is 3.46. The number of hydrogen-bond acceptors (Lipinski definition) is 5. The highest BCUT2D eigenvalue weighted by Gasteiger charge is 2.46. The summed E-state index contributed by atoms with van der Waals surface area (Å²) in [5, 5.41) is 0. The van der Waals surface area contributed by atoms with Crippen LogP contribution in [0.5, 0.6) is 11.5 Å². The molecule has 1 aromatic rings. The summed E-state index contributed by atoms with van der Waals surface area (Å²) in [4.78, 5) is 15.8. The fourth-order valence-electron chi connectivity index (χ4n) is 5.27. The normalized spacial score (nSPS) is 25.2. The molecule has 0 unspecified atom stereocenters. The minimum absolute atomic E-state index is 0.0736. The largest absolute Gasteiger partial charge is 0.486 e. The molecule has 0 aromatic heterocycles. The zero-order valence-electron chi connectivity index (χ0n) is 16.4. The maximum atomic E-state index is 13.7. The Morgan fingerprint density at radius 2 is 1.61 bits per heavy atom. The van der Waals surface area contributed by atoms with Crippen LogP contribution in [0, 0.1) is 5.92 Å². The number of ether oxygens (including phenoxy) is 4. The van der Waals surface area contributed by atoms with Crippen LogP contribution in [0.2, 0.25) is 0 Å². The topological polar surface area (TPSA) is 57.2 Å². The lowest BCUT2D eigenvalue weighted by molar-refractivity contribution is -0.142. The van der Waals surface area contributed by atoms with E-state index in [0.717, 1.165) is 68.7 Å². The van der Waals surface area contributed by atoms with E-state index < -0.39 is 5.41 Å². The van der Waals surface area contributed by atoms with Gasteiger partial charge >= 0.3 is 0 Å². The number of likely N-dealkylation sites (tertiary alicyclic amines) is 1. The standard InChI is InChI=1S/C22H29NO5/c24-21(23-9-5-16(6-10-23)20-27-13-14-28-20)22(7-1-2-8-22)17-3-4-18-19(15-17)26-12-11-25-18/h3-4,15-16,20H,1-2,5-14H2. The molecule has 1 saturated carbocycles. The van der Waals surface area contributed by atoms with Crippen molar-refractivity contribution in [3.8, 4) is 11.5 Å². The van der Waals surface area contributed by atoms with Crippen molar-refractivity contribution in [3.63, 3.8) is 0 Å². The number of fused-ring (bicyclic) bond motifs is 1. The van der Waals surface area contributed by atoms with Gasteiger partial charge in [-0.05, 0) is 43.4 Å². The van der Waals surface area contributed by atoms with E-state index in [1.165, 1.54) is 0 Å². The fraction of sp³-hybridized carbons (Fsp3) is 0.682. The number of hydrogen-bond donors (Lipinski definition) is 0. The van der Waals surface area contributed by atoms with Crippen LogP contribution in [0.1, 0.15) is 44.1 Å². The summed E-state index contributed by atoms with van der Waals surface area (Å²) in [6.07, 6.45) is 5.86. The maximum absolute atomic E-state index is 13.7. The van der Waals surface area contributed by atoms with Crippen LogP contribution >= 0.6 is 0 Å². The molecule has 3 fully saturated rings. The molecule has 2 saturated heterocycles. The number of amides is 1. The summed E-state index contributed by atoms with van der Waals surface area (Å²) in [5.74, 6) is 2.25. The van der Waals surface area contributed by atoms with Crippen LogP contribution in [0.15, 0.2) is 18.2 Å². The molecule has 4 aliphatic rings. The second-order valence-electron chi connectivity index (χ2n) is 8.39. The molecule has 0 spiro atoms. The zero-order chi connectivity index (χ0) is 19.0. The monoisotopic (exact) mass is 387 g/mol. The van der Waals surface area contributed by atoms with Crippen LogP contribution in [0.3, 0.4) is 0 Å². The first-order chi connectivity index (χ1) is 13.8. The van der Waals surface area contributed by atoms with Crippen LogP contribution in [-0.2, 0) is 19.7 Å². The molecule has 0 bridgehead atoms. The molecule has 0 N–H and O–H groups in total. The van der Waals surface area contributed by atoms with E-state index >= 15 is 0 Å². The van der Waals surface area contributed by atoms with Crippen molar-refractivity contribution in [1.82, 2.24) is 4.90 Å². The zero-order valence-corrected chi connectivity index (χ0v) is 16.4. The van der Waals surface area contributed by atoms with Crippen molar-refractivity contribution in [2.45, 2.75) is 50.2 Å². The first-order valence-corrected chi connectivity index (χ1v) is 10.7. The van der Waals surface area contributed by atoms with Crippen LogP contribution in [-0.4, -0.2) is 56.6 Å². The van der Waals surface area contributed by atoms with Gasteiger partial charge in [0.2, 0.25) is 5.91 Å². The lowest BCUT2D eigenvalue weighted by atomic mass is 9.76. The molecule has 0 atom stereocenters. The number of benzene rings is 1. The van der Waals surface area contributed by atoms with Gasteiger partial charge < -0.3 is 23.8 Å². The van der Waals surface area contributed by atoms with Crippen molar-refractivity contribution in [2.75, 3.05) is 39.5 Å². The van der Waals surface area contributed by atoms with Gasteiger partial charge in [-0.1, -0.05) is 18.9 Å². The van der Waals surface area contributed by atoms with Gasteiger partial charge in [0.15, 0.2) is 17.8 Å². The molecular weight excluding hydrogens is 358 g/mol. The third kappa shape index (κ3) is 3.16. The summed E-state index contributed by atoms with van der Waals surface area (Å²) in [7, 11) is 0. The van der Waals surface area contributed by atoms with Gasteiger partial charge in [-0.3, -0.25) is 4.79 Å². The summed E-state index contributed by atoms with van der Waals surface area (Å²) in [6.45, 7) is 4.11. The maximum Gasteiger partial charge on any atom is 0.233 e. The summed E-state index contributed by atoms with van der Waals surface area (Å²) >= 11 is 0. The van der Waals surface area contributed by atoms with E-state index in [9.17, 15) is 4.79 Å². The third-order valence-electron chi connectivity index (χ3n) is 6.82. The van der Waals surface area contributed by atoms with E-state index in [2.05, 4.69) is 11.0 Å². The highest BCUT2D eigenvalue weighted by atomic mass is 16.7. The number of rotatable bonds is 3. The highest BCUT2D eigenvalue weighted by molar-refractivity contribution is 5.89. The first kappa shape index (κ1) is 18.3. The minimum Gasteiger partial charge on any atom is -0.486 e. The second kappa shape index (κ2) is 7.56. The molecule has 28 heavy (non-hydrogen) atoms. The Kier molecular flexibility index (Phi) is 4.93. The van der Waals surface area contributed by atoms with Gasteiger partial charge in [0, 0.05) is 19.0 Å². The molecule has 3 aliphatic heterocycles. The Morgan fingerprint density at radius 3 is 2.32 bits per heavy atom. The average molecular weight is 387 g/mol. The highest BCUT2D eigenvalue weighted by Crippen LogP contribution is 2.46. The number of carbonyl (C=O) groups excluding carboxylic acids is 1. The van der Waals surface area contributed by atoms with Crippen molar-refractivity contribution in [1.29, 1.82) is 0 Å². The van der Waals surface area contributed by atoms with Gasteiger partial charge in [-0.15, -0.1) is 0 Å². The quantitative estimate of drug-likeness (QED) is 0.798. The van der Waals surface area contributed by atoms with Gasteiger partial charge in [0.25, 0.3) is 0 Å². The lowest BCUT2D eigenvalue weighted by Crippen LogP contribution is -2.49. The molecule has 1 aromatic carbocycles. The molecule has 6 heteroatoms. The predicted octanol–water partition coefficient (Wildman–Crippen LogP) is 2.88. The summed E-state index contributed by atoms with van der Waals surface area (Å²) in [6, 6.07) is 6.09. The van der Waals surface area contributed by atoms with Crippen molar-refractivity contribution in [2.24, 2.45) is 5.92 Å². The third-order valence-corrected chi connectivity index (χ3v) is 6.82. The number of carbonyl (C=O) groups is 1. The summed E-state index contributed by atoms with van der Waals surface area (Å²) in [5.41, 5.74) is 0.673. The van der Waals surface area contributed by atoms with E-state index in [-0.39, 0.29) is 12.2 Å². The van der Waals surface area contributed by atoms with Gasteiger partial charge in [-0.2, -0.15) is 0 Å². The van der Waals surface area contributed by atoms with Crippen molar-refractivity contribution >= 4 is 5.91 Å². The first-order valence-electron chi connectivity index (χ1n) is 10.7. The molecule has 0 radical (unpaired) electrons. The molecule has 1 aliphatic carbocycles. The van der Waals surface area contributed by atoms with Crippen LogP contribution < -0.4 is 9.47 Å². The minimum atomic E-state index is -0.414. The lowest BCUT2D eigenvalue weighted by Gasteiger charge is -2.39. The second-order valence-corrected chi connectivity index (χ2v) is 8.39. The van der Waals surface area contributed by atoms with Gasteiger partial charge in [0.1, 0.15) is 13.2 Å². The molecular formula is C22H29NO5. The Hall–Kier alpha value is -1.79. The molecule has 3 heterocycles. The van der Waals surface area contributed by atoms with Crippen molar-refractivity contribution in [3.05, 3.63) is 23.8 Å². The van der Waals surface area contributed by atoms with Crippen molar-refractivity contribution < 1.29 is 23.7 Å². The number of piperidine rings is 1. The fourth-order valence-corrected chi connectivity index (χ4v) is 5.27. The Bertz CT molecular complexity index is 716. The predicted molar refractivity (Wildman–Crippen MR) is 103 cm³/mol. The molecule has 1 amide bonds. The molecule has 6 nitrogen and oxygen atoms in total. The van der Waals surface area contributed by atoms with Gasteiger partial charge in [0.05, 0.1) is 18.6 Å².